The number of halogens is 1. The van der Waals surface area contributed by atoms with Gasteiger partial charge in [0.2, 0.25) is 5.91 Å². The summed E-state index contributed by atoms with van der Waals surface area (Å²) in [5.41, 5.74) is 3.04. The number of rotatable bonds is 6. The lowest BCUT2D eigenvalue weighted by Crippen LogP contribution is -2.53. The van der Waals surface area contributed by atoms with Crippen molar-refractivity contribution >= 4 is 24.3 Å². The molecule has 0 aliphatic carbocycles. The molecular formula is C24H32ClN3O4. The van der Waals surface area contributed by atoms with Gasteiger partial charge in [-0.05, 0) is 37.6 Å². The van der Waals surface area contributed by atoms with Crippen molar-refractivity contribution in [2.45, 2.75) is 26.3 Å². The van der Waals surface area contributed by atoms with E-state index in [4.69, 9.17) is 9.47 Å². The first-order valence-corrected chi connectivity index (χ1v) is 10.5. The van der Waals surface area contributed by atoms with Gasteiger partial charge in [-0.1, -0.05) is 29.8 Å². The lowest BCUT2D eigenvalue weighted by molar-refractivity contribution is -0.131. The van der Waals surface area contributed by atoms with E-state index in [1.165, 1.54) is 5.56 Å². The second kappa shape index (κ2) is 11.6. The van der Waals surface area contributed by atoms with E-state index in [1.54, 1.807) is 19.1 Å². The Kier molecular flexibility index (Phi) is 9.20. The van der Waals surface area contributed by atoms with Gasteiger partial charge >= 0.3 is 6.03 Å². The summed E-state index contributed by atoms with van der Waals surface area (Å²) in [5.74, 6) is 1.50. The van der Waals surface area contributed by atoms with Gasteiger partial charge in [0.25, 0.3) is 0 Å². The highest BCUT2D eigenvalue weighted by Gasteiger charge is 2.25. The van der Waals surface area contributed by atoms with Crippen LogP contribution in [0.25, 0.3) is 0 Å². The number of urea groups is 1. The molecule has 2 aromatic rings. The molecular weight excluding hydrogens is 430 g/mol. The van der Waals surface area contributed by atoms with Crippen molar-refractivity contribution in [1.82, 2.24) is 15.1 Å². The Morgan fingerprint density at radius 1 is 0.969 bits per heavy atom. The maximum Gasteiger partial charge on any atom is 0.317 e. The van der Waals surface area contributed by atoms with E-state index in [9.17, 15) is 9.59 Å². The number of carbonyl (C=O) groups is 2. The molecule has 3 amide bonds. The number of benzene rings is 2. The number of ether oxygens (including phenoxy) is 2. The molecule has 7 nitrogen and oxygen atoms in total. The highest BCUT2D eigenvalue weighted by atomic mass is 35.5. The Morgan fingerprint density at radius 2 is 1.59 bits per heavy atom. The number of methoxy groups -OCH3 is 2. The van der Waals surface area contributed by atoms with Crippen LogP contribution >= 0.6 is 12.4 Å². The van der Waals surface area contributed by atoms with Crippen LogP contribution in [0.2, 0.25) is 0 Å². The Balaban J connectivity index is 0.00000363. The molecule has 1 unspecified atom stereocenters. The molecule has 1 N–H and O–H groups in total. The summed E-state index contributed by atoms with van der Waals surface area (Å²) in [6, 6.07) is 13.1. The van der Waals surface area contributed by atoms with Crippen molar-refractivity contribution in [2.24, 2.45) is 0 Å². The summed E-state index contributed by atoms with van der Waals surface area (Å²) in [4.78, 5) is 29.0. The first-order valence-electron chi connectivity index (χ1n) is 10.5. The van der Waals surface area contributed by atoms with Crippen LogP contribution in [0.1, 0.15) is 29.7 Å². The monoisotopic (exact) mass is 461 g/mol. The molecule has 174 valence electrons. The molecule has 0 saturated carbocycles. The minimum atomic E-state index is -0.251. The average molecular weight is 462 g/mol. The number of nitrogens with zero attached hydrogens (tertiary/aromatic N) is 2. The van der Waals surface area contributed by atoms with Crippen molar-refractivity contribution in [1.29, 1.82) is 0 Å². The Bertz CT molecular complexity index is 912. The van der Waals surface area contributed by atoms with E-state index in [0.717, 1.165) is 11.1 Å². The second-order valence-electron chi connectivity index (χ2n) is 7.81. The van der Waals surface area contributed by atoms with Gasteiger partial charge in [0.05, 0.1) is 26.7 Å². The third-order valence-corrected chi connectivity index (χ3v) is 5.64. The van der Waals surface area contributed by atoms with Crippen LogP contribution < -0.4 is 14.8 Å². The quantitative estimate of drug-likeness (QED) is 0.713. The number of piperazine rings is 1. The van der Waals surface area contributed by atoms with E-state index in [2.05, 4.69) is 5.32 Å². The van der Waals surface area contributed by atoms with Gasteiger partial charge in [-0.25, -0.2) is 4.79 Å². The van der Waals surface area contributed by atoms with Crippen molar-refractivity contribution < 1.29 is 19.1 Å². The summed E-state index contributed by atoms with van der Waals surface area (Å²) < 4.78 is 10.7. The van der Waals surface area contributed by atoms with E-state index >= 15 is 0 Å². The van der Waals surface area contributed by atoms with E-state index < -0.39 is 0 Å². The fourth-order valence-electron chi connectivity index (χ4n) is 3.68. The molecule has 1 heterocycles. The van der Waals surface area contributed by atoms with Crippen LogP contribution in [0.15, 0.2) is 42.5 Å². The zero-order valence-corrected chi connectivity index (χ0v) is 19.9. The molecule has 0 aromatic heterocycles. The second-order valence-corrected chi connectivity index (χ2v) is 7.81. The lowest BCUT2D eigenvalue weighted by atomic mass is 10.1. The molecule has 8 heteroatoms. The van der Waals surface area contributed by atoms with Crippen molar-refractivity contribution in [3.05, 3.63) is 59.2 Å². The topological polar surface area (TPSA) is 71.1 Å². The van der Waals surface area contributed by atoms with Crippen LogP contribution in [0, 0.1) is 6.92 Å². The molecule has 1 fully saturated rings. The van der Waals surface area contributed by atoms with Gasteiger partial charge in [0, 0.05) is 31.7 Å². The number of nitrogens with one attached hydrogen (secondary N) is 1. The number of aryl methyl sites for hydroxylation is 1. The molecule has 1 saturated heterocycles. The molecule has 1 aliphatic rings. The normalized spacial score (nSPS) is 14.2. The molecule has 0 spiro atoms. The van der Waals surface area contributed by atoms with Crippen molar-refractivity contribution in [3.8, 4) is 11.5 Å². The zero-order valence-electron chi connectivity index (χ0n) is 19.1. The summed E-state index contributed by atoms with van der Waals surface area (Å²) in [6.07, 6.45) is 0.388. The summed E-state index contributed by atoms with van der Waals surface area (Å²) >= 11 is 0. The smallest absolute Gasteiger partial charge is 0.317 e. The predicted molar refractivity (Wildman–Crippen MR) is 127 cm³/mol. The first-order chi connectivity index (χ1) is 14.9. The molecule has 3 rings (SSSR count). The van der Waals surface area contributed by atoms with Crippen molar-refractivity contribution in [2.75, 3.05) is 40.4 Å². The number of amides is 3. The highest BCUT2D eigenvalue weighted by Crippen LogP contribution is 2.29. The Hall–Kier alpha value is -2.93. The van der Waals surface area contributed by atoms with Gasteiger partial charge < -0.3 is 24.6 Å². The fourth-order valence-corrected chi connectivity index (χ4v) is 3.68. The first kappa shape index (κ1) is 25.3. The molecule has 1 aliphatic heterocycles. The van der Waals surface area contributed by atoms with Gasteiger partial charge in [0.15, 0.2) is 0 Å². The van der Waals surface area contributed by atoms with Gasteiger partial charge in [-0.2, -0.15) is 0 Å². The highest BCUT2D eigenvalue weighted by molar-refractivity contribution is 5.85. The summed E-state index contributed by atoms with van der Waals surface area (Å²) in [7, 11) is 3.21. The Labute approximate surface area is 196 Å². The van der Waals surface area contributed by atoms with Crippen LogP contribution in [0.5, 0.6) is 11.5 Å². The molecule has 0 radical (unpaired) electrons. The fraction of sp³-hybridized carbons (Fsp3) is 0.417. The molecule has 0 bridgehead atoms. The maximum atomic E-state index is 12.8. The van der Waals surface area contributed by atoms with Crippen LogP contribution in [0.4, 0.5) is 4.79 Å². The Morgan fingerprint density at radius 3 is 2.19 bits per heavy atom. The third-order valence-electron chi connectivity index (χ3n) is 5.64. The number of hydrogen-bond acceptors (Lipinski definition) is 4. The zero-order chi connectivity index (χ0) is 22.4. The maximum absolute atomic E-state index is 12.8. The average Bonchev–Trinajstić information content (AvgIpc) is 2.80. The largest absolute Gasteiger partial charge is 0.497 e. The van der Waals surface area contributed by atoms with Crippen LogP contribution in [-0.4, -0.2) is 62.1 Å². The third kappa shape index (κ3) is 6.29. The number of carbonyl (C=O) groups excluding carboxylic acids is 2. The lowest BCUT2D eigenvalue weighted by Gasteiger charge is -2.35. The van der Waals surface area contributed by atoms with Gasteiger partial charge in [0.1, 0.15) is 11.5 Å². The molecule has 1 atom stereocenters. The minimum absolute atomic E-state index is 0. The number of hydrogen-bond donors (Lipinski definition) is 1. The molecule has 2 aromatic carbocycles. The van der Waals surface area contributed by atoms with Crippen molar-refractivity contribution in [3.63, 3.8) is 0 Å². The van der Waals surface area contributed by atoms with E-state index in [-0.39, 0.29) is 30.4 Å². The van der Waals surface area contributed by atoms with Gasteiger partial charge in [-0.15, -0.1) is 12.4 Å². The van der Waals surface area contributed by atoms with Crippen LogP contribution in [-0.2, 0) is 11.2 Å². The van der Waals surface area contributed by atoms with Crippen LogP contribution in [0.3, 0.4) is 0 Å². The van der Waals surface area contributed by atoms with E-state index in [1.807, 2.05) is 61.2 Å². The summed E-state index contributed by atoms with van der Waals surface area (Å²) in [6.45, 7) is 6.03. The SMILES string of the molecule is COc1ccc(OC)c(C(C)NC(=O)N2CCN(C(=O)Cc3ccc(C)cc3)CC2)c1.Cl. The molecule has 32 heavy (non-hydrogen) atoms. The standard InChI is InChI=1S/C24H31N3O4.ClH/c1-17-5-7-19(8-6-17)15-23(28)26-11-13-27(14-12-26)24(29)25-18(2)21-16-20(30-3)9-10-22(21)31-4;/h5-10,16,18H,11-15H2,1-4H3,(H,25,29);1H. The van der Waals surface area contributed by atoms with Gasteiger partial charge in [-0.3, -0.25) is 4.79 Å². The minimum Gasteiger partial charge on any atom is -0.497 e. The van der Waals surface area contributed by atoms with E-state index in [0.29, 0.717) is 44.1 Å². The predicted octanol–water partition coefficient (Wildman–Crippen LogP) is 3.59. The summed E-state index contributed by atoms with van der Waals surface area (Å²) in [5, 5.41) is 3.03.